The van der Waals surface area contributed by atoms with Crippen molar-refractivity contribution in [2.45, 2.75) is 5.92 Å². The number of hydrogen-bond acceptors (Lipinski definition) is 3. The van der Waals surface area contributed by atoms with E-state index in [2.05, 4.69) is 16.4 Å². The monoisotopic (exact) mass is 413 g/mol. The number of nitrogens with one attached hydrogen (secondary N) is 2. The van der Waals surface area contributed by atoms with E-state index in [1.165, 1.54) is 11.8 Å². The first-order chi connectivity index (χ1) is 13.6. The van der Waals surface area contributed by atoms with Crippen molar-refractivity contribution in [2.24, 2.45) is 0 Å². The average molecular weight is 414 g/mol. The Morgan fingerprint density at radius 1 is 1.18 bits per heavy atom. The molecule has 1 fully saturated rings. The van der Waals surface area contributed by atoms with E-state index < -0.39 is 0 Å². The van der Waals surface area contributed by atoms with E-state index in [1.54, 1.807) is 4.90 Å². The number of hydrogen-bond donors (Lipinski definition) is 2. The van der Waals surface area contributed by atoms with Gasteiger partial charge in [0, 0.05) is 34.6 Å². The summed E-state index contributed by atoms with van der Waals surface area (Å²) in [5.74, 6) is 0.776. The molecule has 0 bridgehead atoms. The van der Waals surface area contributed by atoms with Gasteiger partial charge in [-0.2, -0.15) is 0 Å². The van der Waals surface area contributed by atoms with Crippen molar-refractivity contribution < 1.29 is 9.59 Å². The third kappa shape index (κ3) is 3.88. The second-order valence-corrected chi connectivity index (χ2v) is 8.10. The maximum absolute atomic E-state index is 12.4. The number of rotatable bonds is 6. The van der Waals surface area contributed by atoms with Gasteiger partial charge in [-0.15, -0.1) is 11.8 Å². The van der Waals surface area contributed by atoms with Gasteiger partial charge in [0.05, 0.1) is 11.6 Å². The number of thioether (sulfide) groups is 1. The van der Waals surface area contributed by atoms with Crippen molar-refractivity contribution >= 4 is 46.1 Å². The van der Waals surface area contributed by atoms with Crippen molar-refractivity contribution in [3.05, 3.63) is 70.9 Å². The Kier molecular flexibility index (Phi) is 5.59. The van der Waals surface area contributed by atoms with Gasteiger partial charge in [0.2, 0.25) is 11.8 Å². The summed E-state index contributed by atoms with van der Waals surface area (Å²) >= 11 is 8.01. The minimum atomic E-state index is -0.159. The molecule has 0 saturated carbocycles. The zero-order valence-electron chi connectivity index (χ0n) is 15.2. The number of aromatic nitrogens is 1. The summed E-state index contributed by atoms with van der Waals surface area (Å²) < 4.78 is 0. The number of H-pyrrole nitrogens is 1. The lowest BCUT2D eigenvalue weighted by Gasteiger charge is -2.20. The third-order valence-corrected chi connectivity index (χ3v) is 6.23. The zero-order chi connectivity index (χ0) is 19.5. The molecule has 1 saturated heterocycles. The number of carbonyl (C=O) groups excluding carboxylic acids is 2. The van der Waals surface area contributed by atoms with Gasteiger partial charge in [-0.05, 0) is 23.3 Å². The van der Waals surface area contributed by atoms with Crippen molar-refractivity contribution in [1.29, 1.82) is 0 Å². The molecule has 28 heavy (non-hydrogen) atoms. The number of amides is 2. The van der Waals surface area contributed by atoms with E-state index in [1.807, 2.05) is 48.7 Å². The normalized spacial score (nSPS) is 15.2. The van der Waals surface area contributed by atoms with E-state index >= 15 is 0 Å². The van der Waals surface area contributed by atoms with Crippen LogP contribution in [-0.4, -0.2) is 46.4 Å². The first-order valence-electron chi connectivity index (χ1n) is 9.06. The summed E-state index contributed by atoms with van der Waals surface area (Å²) in [7, 11) is 0. The van der Waals surface area contributed by atoms with Gasteiger partial charge in [0.1, 0.15) is 6.54 Å². The molecule has 3 aromatic rings. The molecule has 144 valence electrons. The Hall–Kier alpha value is -2.44. The lowest BCUT2D eigenvalue weighted by Crippen LogP contribution is -2.39. The van der Waals surface area contributed by atoms with Gasteiger partial charge in [-0.3, -0.25) is 9.59 Å². The summed E-state index contributed by atoms with van der Waals surface area (Å²) in [6.07, 6.45) is 1.98. The molecule has 1 aliphatic rings. The molecular formula is C21H20ClN3O2S. The van der Waals surface area contributed by atoms with Crippen LogP contribution in [0, 0.1) is 0 Å². The summed E-state index contributed by atoms with van der Waals surface area (Å²) in [4.78, 5) is 29.1. The van der Waals surface area contributed by atoms with Crippen molar-refractivity contribution in [2.75, 3.05) is 24.7 Å². The van der Waals surface area contributed by atoms with Crippen LogP contribution >= 0.6 is 23.4 Å². The van der Waals surface area contributed by atoms with E-state index in [-0.39, 0.29) is 24.3 Å². The highest BCUT2D eigenvalue weighted by atomic mass is 35.5. The molecule has 5 nitrogen and oxygen atoms in total. The standard InChI is InChI=1S/C21H20ClN3O2S/c22-18-7-3-1-5-14(18)16(17-9-23-19-8-4-2-6-15(17)19)10-24-20(26)11-25-13-28-12-21(25)27/h1-9,16,23H,10-13H2,(H,24,26)/t16-/m1/s1. The van der Waals surface area contributed by atoms with Crippen LogP contribution in [0.25, 0.3) is 10.9 Å². The van der Waals surface area contributed by atoms with Crippen LogP contribution in [0.15, 0.2) is 54.7 Å². The number of para-hydroxylation sites is 1. The minimum Gasteiger partial charge on any atom is -0.361 e. The van der Waals surface area contributed by atoms with Crippen LogP contribution in [0.3, 0.4) is 0 Å². The second-order valence-electron chi connectivity index (χ2n) is 6.74. The van der Waals surface area contributed by atoms with Gasteiger partial charge in [-0.1, -0.05) is 48.0 Å². The highest BCUT2D eigenvalue weighted by Gasteiger charge is 2.25. The van der Waals surface area contributed by atoms with Crippen LogP contribution < -0.4 is 5.32 Å². The number of carbonyl (C=O) groups is 2. The van der Waals surface area contributed by atoms with E-state index in [4.69, 9.17) is 11.6 Å². The highest BCUT2D eigenvalue weighted by molar-refractivity contribution is 8.00. The Balaban J connectivity index is 1.58. The molecule has 2 N–H and O–H groups in total. The lowest BCUT2D eigenvalue weighted by atomic mass is 9.90. The van der Waals surface area contributed by atoms with Crippen molar-refractivity contribution in [3.63, 3.8) is 0 Å². The SMILES string of the molecule is O=C(CN1CSCC1=O)NC[C@H](c1ccccc1Cl)c1c[nH]c2ccccc12. The second kappa shape index (κ2) is 8.29. The maximum Gasteiger partial charge on any atom is 0.239 e. The first-order valence-corrected chi connectivity index (χ1v) is 10.6. The molecule has 2 aromatic carbocycles. The topological polar surface area (TPSA) is 65.2 Å². The Labute approximate surface area is 172 Å². The van der Waals surface area contributed by atoms with Crippen LogP contribution in [0.5, 0.6) is 0 Å². The molecule has 4 rings (SSSR count). The molecule has 1 aliphatic heterocycles. The molecule has 7 heteroatoms. The van der Waals surface area contributed by atoms with Gasteiger partial charge in [-0.25, -0.2) is 0 Å². The maximum atomic E-state index is 12.4. The van der Waals surface area contributed by atoms with Crippen LogP contribution in [0.4, 0.5) is 0 Å². The summed E-state index contributed by atoms with van der Waals surface area (Å²) in [5, 5.41) is 4.76. The fraction of sp³-hybridized carbons (Fsp3) is 0.238. The number of fused-ring (bicyclic) bond motifs is 1. The molecule has 0 aliphatic carbocycles. The zero-order valence-corrected chi connectivity index (χ0v) is 16.7. The Morgan fingerprint density at radius 2 is 1.96 bits per heavy atom. The summed E-state index contributed by atoms with van der Waals surface area (Å²) in [6, 6.07) is 15.8. The van der Waals surface area contributed by atoms with Crippen molar-refractivity contribution in [1.82, 2.24) is 15.2 Å². The average Bonchev–Trinajstić information content (AvgIpc) is 3.30. The van der Waals surface area contributed by atoms with E-state index in [0.717, 1.165) is 22.0 Å². The third-order valence-electron chi connectivity index (χ3n) is 4.94. The highest BCUT2D eigenvalue weighted by Crippen LogP contribution is 2.34. The summed E-state index contributed by atoms with van der Waals surface area (Å²) in [5.41, 5.74) is 3.08. The number of nitrogens with zero attached hydrogens (tertiary/aromatic N) is 1. The molecule has 1 atom stereocenters. The summed E-state index contributed by atoms with van der Waals surface area (Å²) in [6.45, 7) is 0.495. The molecular weight excluding hydrogens is 394 g/mol. The molecule has 0 unspecified atom stereocenters. The van der Waals surface area contributed by atoms with Crippen molar-refractivity contribution in [3.8, 4) is 0 Å². The lowest BCUT2D eigenvalue weighted by molar-refractivity contribution is -0.132. The first kappa shape index (κ1) is 18.9. The van der Waals surface area contributed by atoms with Gasteiger partial charge in [0.15, 0.2) is 0 Å². The fourth-order valence-corrected chi connectivity index (χ4v) is 4.68. The van der Waals surface area contributed by atoms with Gasteiger partial charge in [0.25, 0.3) is 0 Å². The largest absolute Gasteiger partial charge is 0.361 e. The molecule has 2 heterocycles. The number of aromatic amines is 1. The van der Waals surface area contributed by atoms with Gasteiger partial charge >= 0.3 is 0 Å². The number of benzene rings is 2. The van der Waals surface area contributed by atoms with Crippen LogP contribution in [-0.2, 0) is 9.59 Å². The van der Waals surface area contributed by atoms with Crippen LogP contribution in [0.1, 0.15) is 17.0 Å². The molecule has 0 spiro atoms. The predicted molar refractivity (Wildman–Crippen MR) is 114 cm³/mol. The van der Waals surface area contributed by atoms with E-state index in [9.17, 15) is 9.59 Å². The van der Waals surface area contributed by atoms with E-state index in [0.29, 0.717) is 23.2 Å². The fourth-order valence-electron chi connectivity index (χ4n) is 3.51. The van der Waals surface area contributed by atoms with Crippen LogP contribution in [0.2, 0.25) is 5.02 Å². The Morgan fingerprint density at radius 3 is 2.75 bits per heavy atom. The molecule has 1 aromatic heterocycles. The Bertz CT molecular complexity index is 1020. The number of halogens is 1. The van der Waals surface area contributed by atoms with Gasteiger partial charge < -0.3 is 15.2 Å². The quantitative estimate of drug-likeness (QED) is 0.648. The predicted octanol–water partition coefficient (Wildman–Crippen LogP) is 3.60. The smallest absolute Gasteiger partial charge is 0.239 e. The molecule has 2 amide bonds. The molecule has 0 radical (unpaired) electrons. The minimum absolute atomic E-state index is 0.0134.